The van der Waals surface area contributed by atoms with Gasteiger partial charge in [-0.3, -0.25) is 0 Å². The minimum absolute atomic E-state index is 0.524. The van der Waals surface area contributed by atoms with Crippen molar-refractivity contribution in [2.75, 3.05) is 4.90 Å². The van der Waals surface area contributed by atoms with Crippen LogP contribution in [0.1, 0.15) is 64.3 Å². The highest BCUT2D eigenvalue weighted by atomic mass is 15.1. The number of hydrogen-bond acceptors (Lipinski definition) is 1. The molecule has 10 aromatic rings. The Morgan fingerprint density at radius 1 is 0.500 bits per heavy atom. The van der Waals surface area contributed by atoms with Crippen molar-refractivity contribution >= 4 is 50.5 Å². The van der Waals surface area contributed by atoms with Gasteiger partial charge in [-0.2, -0.15) is 0 Å². The van der Waals surface area contributed by atoms with Gasteiger partial charge in [0.15, 0.2) is 0 Å². The third-order valence-corrected chi connectivity index (χ3v) is 14.9. The maximum atomic E-state index is 2.55. The van der Waals surface area contributed by atoms with Crippen LogP contribution in [0.15, 0.2) is 218 Å². The molecule has 3 aliphatic rings. The first kappa shape index (κ1) is 38.5. The first-order valence-corrected chi connectivity index (χ1v) is 23.5. The number of aromatic nitrogens is 1. The molecule has 0 fully saturated rings. The zero-order valence-corrected chi connectivity index (χ0v) is 37.3. The number of fused-ring (bicyclic) bond motifs is 11. The first-order chi connectivity index (χ1) is 32.6. The summed E-state index contributed by atoms with van der Waals surface area (Å²) in [4.78, 5) is 2.55. The lowest BCUT2D eigenvalue weighted by Crippen LogP contribution is -2.26. The van der Waals surface area contributed by atoms with Crippen LogP contribution in [-0.4, -0.2) is 4.57 Å². The second-order valence-corrected chi connectivity index (χ2v) is 18.3. The summed E-state index contributed by atoms with van der Waals surface area (Å²) in [6.45, 7) is 4.70. The molecule has 2 nitrogen and oxygen atoms in total. The van der Waals surface area contributed by atoms with E-state index >= 15 is 0 Å². The van der Waals surface area contributed by atoms with Gasteiger partial charge in [0.05, 0.1) is 27.8 Å². The summed E-state index contributed by atoms with van der Waals surface area (Å²) >= 11 is 0. The van der Waals surface area contributed by atoms with Gasteiger partial charge >= 0.3 is 0 Å². The molecule has 1 atom stereocenters. The molecule has 66 heavy (non-hydrogen) atoms. The average Bonchev–Trinajstić information content (AvgIpc) is 3.86. The van der Waals surface area contributed by atoms with E-state index < -0.39 is 5.41 Å². The predicted octanol–water partition coefficient (Wildman–Crippen LogP) is 16.7. The molecule has 1 unspecified atom stereocenters. The summed E-state index contributed by atoms with van der Waals surface area (Å²) in [5.41, 5.74) is 25.0. The molecule has 0 bridgehead atoms. The van der Waals surface area contributed by atoms with Gasteiger partial charge in [0.25, 0.3) is 0 Å². The lowest BCUT2D eigenvalue weighted by Gasteiger charge is -2.33. The molecule has 3 aliphatic carbocycles. The Morgan fingerprint density at radius 2 is 1.14 bits per heavy atom. The summed E-state index contributed by atoms with van der Waals surface area (Å²) in [5, 5.41) is 2.55. The molecule has 0 N–H and O–H groups in total. The van der Waals surface area contributed by atoms with Gasteiger partial charge in [0.1, 0.15) is 0 Å². The minimum atomic E-state index is -0.524. The van der Waals surface area contributed by atoms with Gasteiger partial charge in [-0.1, -0.05) is 164 Å². The average molecular weight is 845 g/mol. The van der Waals surface area contributed by atoms with E-state index in [1.165, 1.54) is 111 Å². The normalized spacial score (nSPS) is 15.8. The third kappa shape index (κ3) is 5.55. The zero-order chi connectivity index (χ0) is 43.9. The molecule has 2 heteroatoms. The number of nitrogens with zero attached hydrogens (tertiary/aromatic N) is 2. The second kappa shape index (κ2) is 15.1. The smallest absolute Gasteiger partial charge is 0.0686 e. The monoisotopic (exact) mass is 844 g/mol. The molecule has 1 heterocycles. The number of aryl methyl sites for hydroxylation is 2. The van der Waals surface area contributed by atoms with E-state index in [0.717, 1.165) is 30.6 Å². The van der Waals surface area contributed by atoms with Crippen LogP contribution in [0.25, 0.3) is 61.4 Å². The molecular weight excluding hydrogens is 797 g/mol. The Balaban J connectivity index is 1.05. The number of para-hydroxylation sites is 3. The predicted molar refractivity (Wildman–Crippen MR) is 278 cm³/mol. The number of benzene rings is 9. The minimum Gasteiger partial charge on any atom is -0.309 e. The van der Waals surface area contributed by atoms with Crippen LogP contribution in [0.5, 0.6) is 0 Å². The topological polar surface area (TPSA) is 8.17 Å². The zero-order valence-electron chi connectivity index (χ0n) is 37.3. The maximum Gasteiger partial charge on any atom is 0.0686 e. The third-order valence-electron chi connectivity index (χ3n) is 14.9. The van der Waals surface area contributed by atoms with Crippen LogP contribution in [0, 0.1) is 6.92 Å². The van der Waals surface area contributed by atoms with Crippen molar-refractivity contribution in [2.24, 2.45) is 0 Å². The van der Waals surface area contributed by atoms with Crippen molar-refractivity contribution < 1.29 is 0 Å². The van der Waals surface area contributed by atoms with Crippen molar-refractivity contribution in [3.8, 4) is 27.9 Å². The Labute approximate surface area is 387 Å². The van der Waals surface area contributed by atoms with Gasteiger partial charge in [-0.05, 0) is 154 Å². The second-order valence-electron chi connectivity index (χ2n) is 18.3. The van der Waals surface area contributed by atoms with Gasteiger partial charge in [-0.15, -0.1) is 0 Å². The van der Waals surface area contributed by atoms with Crippen molar-refractivity contribution in [1.29, 1.82) is 0 Å². The Morgan fingerprint density at radius 3 is 1.92 bits per heavy atom. The van der Waals surface area contributed by atoms with Gasteiger partial charge in [0.2, 0.25) is 0 Å². The molecule has 1 spiro atoms. The molecule has 0 saturated carbocycles. The number of hydrogen-bond donors (Lipinski definition) is 0. The Kier molecular flexibility index (Phi) is 8.80. The SMILES string of the molecule is CC1=C(c2ccccc2C)c2c(N(c3ccccc3)c3cccc4c3C=CCCC4)cccc2C12c1ccccc1-c1ccc(-c3ccc(-n4c5ccccc5c5ccccc54)cc3)cc12. The summed E-state index contributed by atoms with van der Waals surface area (Å²) in [6.07, 6.45) is 8.07. The quantitative estimate of drug-likeness (QED) is 0.162. The van der Waals surface area contributed by atoms with Crippen molar-refractivity contribution in [2.45, 2.75) is 38.5 Å². The maximum absolute atomic E-state index is 2.55. The largest absolute Gasteiger partial charge is 0.309 e. The van der Waals surface area contributed by atoms with Gasteiger partial charge in [0, 0.05) is 33.3 Å². The molecule has 13 rings (SSSR count). The van der Waals surface area contributed by atoms with E-state index in [9.17, 15) is 0 Å². The van der Waals surface area contributed by atoms with E-state index in [-0.39, 0.29) is 0 Å². The first-order valence-electron chi connectivity index (χ1n) is 23.5. The lowest BCUT2D eigenvalue weighted by atomic mass is 9.69. The van der Waals surface area contributed by atoms with Crippen LogP contribution in [-0.2, 0) is 11.8 Å². The number of allylic oxidation sites excluding steroid dienone is 2. The van der Waals surface area contributed by atoms with E-state index in [2.05, 4.69) is 242 Å². The van der Waals surface area contributed by atoms with Crippen molar-refractivity contribution in [3.05, 3.63) is 262 Å². The summed E-state index contributed by atoms with van der Waals surface area (Å²) in [6, 6.07) is 77.2. The molecule has 0 amide bonds. The van der Waals surface area contributed by atoms with Crippen LogP contribution < -0.4 is 4.90 Å². The van der Waals surface area contributed by atoms with Crippen molar-refractivity contribution in [1.82, 2.24) is 4.57 Å². The van der Waals surface area contributed by atoms with Crippen LogP contribution >= 0.6 is 0 Å². The molecule has 0 saturated heterocycles. The van der Waals surface area contributed by atoms with Crippen molar-refractivity contribution in [3.63, 3.8) is 0 Å². The fourth-order valence-corrected chi connectivity index (χ4v) is 12.0. The highest BCUT2D eigenvalue weighted by Gasteiger charge is 2.53. The summed E-state index contributed by atoms with van der Waals surface area (Å²) < 4.78 is 2.40. The molecule has 0 radical (unpaired) electrons. The molecule has 0 aliphatic heterocycles. The van der Waals surface area contributed by atoms with Gasteiger partial charge in [-0.25, -0.2) is 0 Å². The fourth-order valence-electron chi connectivity index (χ4n) is 12.0. The molecular formula is C64H48N2. The standard InChI is InChI=1S/C64H48N2/c1-42-19-9-10-24-49(42)62-43(2)64(56-30-18-34-61(63(56)62)66(47-22-6-4-7-23-47)58-33-17-21-45-20-5-3-8-25-50(45)58)55-29-14-11-26-51(55)52-40-37-46(41-57(52)64)44-35-38-48(39-36-44)65-59-31-15-12-27-53(59)54-28-13-16-32-60(54)65/h4,6-19,21-41H,3,5,20H2,1-2H3. The van der Waals surface area contributed by atoms with Crippen LogP contribution in [0.3, 0.4) is 0 Å². The highest BCUT2D eigenvalue weighted by Crippen LogP contribution is 2.65. The van der Waals surface area contributed by atoms with E-state index in [1.54, 1.807) is 0 Å². The van der Waals surface area contributed by atoms with E-state index in [1.807, 2.05) is 0 Å². The highest BCUT2D eigenvalue weighted by molar-refractivity contribution is 6.09. The fraction of sp³-hybridized carbons (Fsp3) is 0.0938. The molecule has 314 valence electrons. The van der Waals surface area contributed by atoms with Crippen LogP contribution in [0.4, 0.5) is 17.1 Å². The Bertz CT molecular complexity index is 3590. The van der Waals surface area contributed by atoms with E-state index in [4.69, 9.17) is 0 Å². The van der Waals surface area contributed by atoms with Gasteiger partial charge < -0.3 is 9.47 Å². The number of rotatable bonds is 6. The number of anilines is 3. The summed E-state index contributed by atoms with van der Waals surface area (Å²) in [7, 11) is 0. The molecule has 1 aromatic heterocycles. The van der Waals surface area contributed by atoms with Crippen LogP contribution in [0.2, 0.25) is 0 Å². The Hall–Kier alpha value is -7.94. The van der Waals surface area contributed by atoms with E-state index in [0.29, 0.717) is 0 Å². The molecule has 9 aromatic carbocycles. The summed E-state index contributed by atoms with van der Waals surface area (Å²) in [5.74, 6) is 0. The lowest BCUT2D eigenvalue weighted by molar-refractivity contribution is 0.766.